The lowest BCUT2D eigenvalue weighted by Gasteiger charge is -2.32. The van der Waals surface area contributed by atoms with Gasteiger partial charge < -0.3 is 10.2 Å². The normalized spacial score (nSPS) is 16.9. The lowest BCUT2D eigenvalue weighted by molar-refractivity contribution is -0.130. The number of benzene rings is 1. The second-order valence-electron chi connectivity index (χ2n) is 5.49. The van der Waals surface area contributed by atoms with Crippen molar-refractivity contribution >= 4 is 23.2 Å². The van der Waals surface area contributed by atoms with Gasteiger partial charge in [0.05, 0.1) is 6.54 Å². The second kappa shape index (κ2) is 6.95. The third-order valence-electron chi connectivity index (χ3n) is 3.66. The van der Waals surface area contributed by atoms with Crippen LogP contribution < -0.4 is 5.32 Å². The minimum absolute atomic E-state index is 0.175. The van der Waals surface area contributed by atoms with Crippen LogP contribution in [0.4, 0.5) is 5.69 Å². The highest BCUT2D eigenvalue weighted by Gasteiger charge is 2.21. The molecule has 0 aromatic heterocycles. The number of piperidine rings is 1. The summed E-state index contributed by atoms with van der Waals surface area (Å²) in [7, 11) is 3.61. The van der Waals surface area contributed by atoms with E-state index in [9.17, 15) is 4.79 Å². The molecule has 2 rings (SSSR count). The van der Waals surface area contributed by atoms with Crippen molar-refractivity contribution in [3.05, 3.63) is 29.3 Å². The van der Waals surface area contributed by atoms with Crippen LogP contribution >= 0.6 is 11.6 Å². The van der Waals surface area contributed by atoms with Gasteiger partial charge in [0.25, 0.3) is 0 Å². The molecule has 1 N–H and O–H groups in total. The first-order chi connectivity index (χ1) is 9.54. The molecule has 1 aromatic rings. The fourth-order valence-corrected chi connectivity index (χ4v) is 2.48. The van der Waals surface area contributed by atoms with Gasteiger partial charge in [-0.15, -0.1) is 0 Å². The maximum Gasteiger partial charge on any atom is 0.236 e. The Bertz CT molecular complexity index is 439. The van der Waals surface area contributed by atoms with E-state index >= 15 is 0 Å². The number of nitrogens with zero attached hydrogens (tertiary/aromatic N) is 2. The van der Waals surface area contributed by atoms with Crippen molar-refractivity contribution in [2.45, 2.75) is 18.9 Å². The number of carbonyl (C=O) groups excluding carboxylic acids is 1. The number of likely N-dealkylation sites (tertiary alicyclic amines) is 1. The predicted octanol–water partition coefficient (Wildman–Crippen LogP) is 2.30. The molecule has 4 nitrogen and oxygen atoms in total. The molecule has 5 heteroatoms. The van der Waals surface area contributed by atoms with E-state index in [0.717, 1.165) is 36.6 Å². The number of anilines is 1. The summed E-state index contributed by atoms with van der Waals surface area (Å²) in [5.74, 6) is 0.175. The molecular formula is C15H22ClN3O. The zero-order chi connectivity index (χ0) is 14.5. The van der Waals surface area contributed by atoms with Crippen LogP contribution in [0.1, 0.15) is 12.8 Å². The topological polar surface area (TPSA) is 35.6 Å². The smallest absolute Gasteiger partial charge is 0.236 e. The molecule has 1 aliphatic rings. The largest absolute Gasteiger partial charge is 0.382 e. The van der Waals surface area contributed by atoms with Crippen molar-refractivity contribution in [2.75, 3.05) is 39.0 Å². The Hall–Kier alpha value is -1.26. The molecule has 0 bridgehead atoms. The van der Waals surface area contributed by atoms with Gasteiger partial charge in [-0.05, 0) is 37.1 Å². The molecule has 0 unspecified atom stereocenters. The van der Waals surface area contributed by atoms with Crippen LogP contribution in [0.2, 0.25) is 5.02 Å². The van der Waals surface area contributed by atoms with Crippen molar-refractivity contribution in [1.82, 2.24) is 9.80 Å². The molecule has 0 radical (unpaired) electrons. The first-order valence-corrected chi connectivity index (χ1v) is 7.37. The van der Waals surface area contributed by atoms with E-state index < -0.39 is 0 Å². The van der Waals surface area contributed by atoms with Crippen LogP contribution in [-0.2, 0) is 4.79 Å². The third-order valence-corrected chi connectivity index (χ3v) is 3.91. The summed E-state index contributed by atoms with van der Waals surface area (Å²) in [5, 5.41) is 4.28. The Kier molecular flexibility index (Phi) is 5.26. The Morgan fingerprint density at radius 3 is 2.45 bits per heavy atom. The minimum atomic E-state index is 0.175. The van der Waals surface area contributed by atoms with Gasteiger partial charge in [0.15, 0.2) is 0 Å². The molecule has 1 aromatic carbocycles. The van der Waals surface area contributed by atoms with Gasteiger partial charge in [-0.3, -0.25) is 9.69 Å². The third kappa shape index (κ3) is 4.39. The Labute approximate surface area is 125 Å². The van der Waals surface area contributed by atoms with Gasteiger partial charge in [-0.2, -0.15) is 0 Å². The highest BCUT2D eigenvalue weighted by atomic mass is 35.5. The molecule has 0 atom stereocenters. The number of amides is 1. The van der Waals surface area contributed by atoms with Crippen molar-refractivity contribution in [1.29, 1.82) is 0 Å². The molecule has 1 aliphatic heterocycles. The summed E-state index contributed by atoms with van der Waals surface area (Å²) in [4.78, 5) is 15.5. The molecule has 110 valence electrons. The fourth-order valence-electron chi connectivity index (χ4n) is 2.35. The molecule has 0 saturated carbocycles. The second-order valence-corrected chi connectivity index (χ2v) is 5.93. The van der Waals surface area contributed by atoms with Crippen molar-refractivity contribution in [3.8, 4) is 0 Å². The van der Waals surface area contributed by atoms with E-state index in [-0.39, 0.29) is 5.91 Å². The van der Waals surface area contributed by atoms with Crippen molar-refractivity contribution in [3.63, 3.8) is 0 Å². The molecule has 1 fully saturated rings. The minimum Gasteiger partial charge on any atom is -0.382 e. The molecule has 1 amide bonds. The van der Waals surface area contributed by atoms with Crippen LogP contribution in [0.15, 0.2) is 24.3 Å². The van der Waals surface area contributed by atoms with E-state index in [1.54, 1.807) is 19.0 Å². The number of nitrogens with one attached hydrogen (secondary N) is 1. The first-order valence-electron chi connectivity index (χ1n) is 6.99. The van der Waals surface area contributed by atoms with E-state index in [1.807, 2.05) is 24.3 Å². The molecule has 0 spiro atoms. The standard InChI is InChI=1S/C15H22ClN3O/c1-18(2)15(20)11-19-9-7-14(8-10-19)17-13-5-3-12(16)4-6-13/h3-6,14,17H,7-11H2,1-2H3. The van der Waals surface area contributed by atoms with Crippen molar-refractivity contribution < 1.29 is 4.79 Å². The van der Waals surface area contributed by atoms with E-state index in [2.05, 4.69) is 10.2 Å². The zero-order valence-corrected chi connectivity index (χ0v) is 12.9. The lowest BCUT2D eigenvalue weighted by Crippen LogP contribution is -2.43. The summed E-state index contributed by atoms with van der Waals surface area (Å²) in [5.41, 5.74) is 1.11. The van der Waals surface area contributed by atoms with Crippen LogP contribution in [-0.4, -0.2) is 55.5 Å². The highest BCUT2D eigenvalue weighted by Crippen LogP contribution is 2.18. The summed E-state index contributed by atoms with van der Waals surface area (Å²) < 4.78 is 0. The van der Waals surface area contributed by atoms with Crippen molar-refractivity contribution in [2.24, 2.45) is 0 Å². The monoisotopic (exact) mass is 295 g/mol. The number of likely N-dealkylation sites (N-methyl/N-ethyl adjacent to an activating group) is 1. The number of rotatable bonds is 4. The molecule has 20 heavy (non-hydrogen) atoms. The van der Waals surface area contributed by atoms with Gasteiger partial charge in [-0.25, -0.2) is 0 Å². The average Bonchev–Trinajstić information content (AvgIpc) is 2.43. The lowest BCUT2D eigenvalue weighted by atomic mass is 10.0. The predicted molar refractivity (Wildman–Crippen MR) is 83.2 cm³/mol. The van der Waals surface area contributed by atoms with Crippen LogP contribution in [0.5, 0.6) is 0 Å². The number of halogens is 1. The number of hydrogen-bond donors (Lipinski definition) is 1. The molecule has 1 heterocycles. The summed E-state index contributed by atoms with van der Waals surface area (Å²) in [6.45, 7) is 2.45. The summed E-state index contributed by atoms with van der Waals surface area (Å²) in [6.07, 6.45) is 2.12. The maximum atomic E-state index is 11.7. The average molecular weight is 296 g/mol. The molecule has 0 aliphatic carbocycles. The highest BCUT2D eigenvalue weighted by molar-refractivity contribution is 6.30. The zero-order valence-electron chi connectivity index (χ0n) is 12.1. The van der Waals surface area contributed by atoms with Gasteiger partial charge in [0.2, 0.25) is 5.91 Å². The van der Waals surface area contributed by atoms with Crippen LogP contribution in [0.3, 0.4) is 0 Å². The Morgan fingerprint density at radius 2 is 1.90 bits per heavy atom. The van der Waals surface area contributed by atoms with Gasteiger partial charge in [0.1, 0.15) is 0 Å². The van der Waals surface area contributed by atoms with E-state index in [1.165, 1.54) is 0 Å². The van der Waals surface area contributed by atoms with E-state index in [4.69, 9.17) is 11.6 Å². The fraction of sp³-hybridized carbons (Fsp3) is 0.533. The first kappa shape index (κ1) is 15.1. The summed E-state index contributed by atoms with van der Waals surface area (Å²) in [6, 6.07) is 8.28. The summed E-state index contributed by atoms with van der Waals surface area (Å²) >= 11 is 5.88. The van der Waals surface area contributed by atoms with Gasteiger partial charge in [-0.1, -0.05) is 11.6 Å². The maximum absolute atomic E-state index is 11.7. The number of hydrogen-bond acceptors (Lipinski definition) is 3. The van der Waals surface area contributed by atoms with Gasteiger partial charge in [0, 0.05) is 43.9 Å². The Balaban J connectivity index is 1.77. The van der Waals surface area contributed by atoms with Crippen LogP contribution in [0, 0.1) is 0 Å². The molecular weight excluding hydrogens is 274 g/mol. The van der Waals surface area contributed by atoms with E-state index in [0.29, 0.717) is 12.6 Å². The Morgan fingerprint density at radius 1 is 1.30 bits per heavy atom. The SMILES string of the molecule is CN(C)C(=O)CN1CCC(Nc2ccc(Cl)cc2)CC1. The quantitative estimate of drug-likeness (QED) is 0.926. The molecule has 1 saturated heterocycles. The number of carbonyl (C=O) groups is 1. The van der Waals surface area contributed by atoms with Crippen LogP contribution in [0.25, 0.3) is 0 Å². The van der Waals surface area contributed by atoms with Gasteiger partial charge >= 0.3 is 0 Å².